The lowest BCUT2D eigenvalue weighted by Crippen LogP contribution is -2.29. The fourth-order valence-corrected chi connectivity index (χ4v) is 2.65. The van der Waals surface area contributed by atoms with Crippen molar-refractivity contribution >= 4 is 34.1 Å². The molecule has 0 aliphatic heterocycles. The number of thioether (sulfide) groups is 1. The van der Waals surface area contributed by atoms with E-state index in [4.69, 9.17) is 0 Å². The highest BCUT2D eigenvalue weighted by Crippen LogP contribution is 2.25. The van der Waals surface area contributed by atoms with E-state index in [0.717, 1.165) is 11.1 Å². The molecule has 2 nitrogen and oxygen atoms in total. The summed E-state index contributed by atoms with van der Waals surface area (Å²) < 4.78 is 0.111. The van der Waals surface area contributed by atoms with E-state index in [1.165, 1.54) is 5.39 Å². The lowest BCUT2D eigenvalue weighted by atomic mass is 10.1. The zero-order valence-electron chi connectivity index (χ0n) is 12.5. The summed E-state index contributed by atoms with van der Waals surface area (Å²) in [6.45, 7) is 6.38. The normalized spacial score (nSPS) is 11.6. The second kappa shape index (κ2) is 5.88. The number of nitrogens with zero attached hydrogens (tertiary/aromatic N) is 1. The van der Waals surface area contributed by atoms with E-state index in [2.05, 4.69) is 45.0 Å². The van der Waals surface area contributed by atoms with Gasteiger partial charge < -0.3 is 4.90 Å². The minimum Gasteiger partial charge on any atom is -0.315 e. The van der Waals surface area contributed by atoms with Gasteiger partial charge in [-0.3, -0.25) is 4.79 Å². The molecule has 0 saturated carbocycles. The van der Waals surface area contributed by atoms with Crippen LogP contribution in [0.2, 0.25) is 0 Å². The fraction of sp³-hybridized carbons (Fsp3) is 0.353. The molecule has 0 unspecified atom stereocenters. The third kappa shape index (κ3) is 3.76. The van der Waals surface area contributed by atoms with Crippen LogP contribution in [-0.2, 0) is 4.79 Å². The number of amides is 1. The van der Waals surface area contributed by atoms with Crippen LogP contribution in [0.3, 0.4) is 0 Å². The largest absolute Gasteiger partial charge is 0.315 e. The van der Waals surface area contributed by atoms with E-state index in [1.54, 1.807) is 16.7 Å². The molecule has 0 aliphatic carbocycles. The minimum atomic E-state index is 0.111. The van der Waals surface area contributed by atoms with Gasteiger partial charge in [0.2, 0.25) is 5.91 Å². The van der Waals surface area contributed by atoms with Crippen LogP contribution in [0.15, 0.2) is 42.5 Å². The maximum atomic E-state index is 12.2. The van der Waals surface area contributed by atoms with E-state index in [1.807, 2.05) is 25.2 Å². The van der Waals surface area contributed by atoms with E-state index < -0.39 is 0 Å². The second-order valence-corrected chi connectivity index (χ2v) is 7.69. The Labute approximate surface area is 125 Å². The molecule has 0 aliphatic rings. The van der Waals surface area contributed by atoms with Crippen molar-refractivity contribution in [2.45, 2.75) is 25.5 Å². The van der Waals surface area contributed by atoms with Gasteiger partial charge in [-0.25, -0.2) is 0 Å². The number of rotatable bonds is 3. The topological polar surface area (TPSA) is 20.3 Å². The molecule has 0 radical (unpaired) electrons. The third-order valence-electron chi connectivity index (χ3n) is 3.12. The summed E-state index contributed by atoms with van der Waals surface area (Å²) in [6.07, 6.45) is 0. The monoisotopic (exact) mass is 287 g/mol. The third-order valence-corrected chi connectivity index (χ3v) is 4.38. The molecule has 0 bridgehead atoms. The summed E-state index contributed by atoms with van der Waals surface area (Å²) in [5, 5.41) is 2.36. The van der Waals surface area contributed by atoms with Crippen LogP contribution in [0, 0.1) is 0 Å². The molecule has 2 aromatic rings. The summed E-state index contributed by atoms with van der Waals surface area (Å²) in [4.78, 5) is 14.0. The number of hydrogen-bond acceptors (Lipinski definition) is 2. The maximum absolute atomic E-state index is 12.2. The molecule has 0 spiro atoms. The van der Waals surface area contributed by atoms with Gasteiger partial charge in [0.25, 0.3) is 0 Å². The first-order chi connectivity index (χ1) is 9.37. The first kappa shape index (κ1) is 14.9. The van der Waals surface area contributed by atoms with E-state index in [-0.39, 0.29) is 10.7 Å². The molecule has 2 rings (SSSR count). The van der Waals surface area contributed by atoms with Gasteiger partial charge in [-0.1, -0.05) is 51.1 Å². The summed E-state index contributed by atoms with van der Waals surface area (Å²) in [7, 11) is 1.84. The zero-order valence-corrected chi connectivity index (χ0v) is 13.3. The Morgan fingerprint density at radius 1 is 1.10 bits per heavy atom. The van der Waals surface area contributed by atoms with Crippen molar-refractivity contribution in [3.8, 4) is 0 Å². The van der Waals surface area contributed by atoms with E-state index in [9.17, 15) is 4.79 Å². The average Bonchev–Trinajstić information content (AvgIpc) is 2.42. The van der Waals surface area contributed by atoms with Crippen molar-refractivity contribution in [3.05, 3.63) is 42.5 Å². The highest BCUT2D eigenvalue weighted by Gasteiger charge is 2.16. The molecule has 0 N–H and O–H groups in total. The van der Waals surface area contributed by atoms with Crippen molar-refractivity contribution in [1.82, 2.24) is 0 Å². The average molecular weight is 287 g/mol. The predicted molar refractivity (Wildman–Crippen MR) is 89.6 cm³/mol. The fourth-order valence-electron chi connectivity index (χ4n) is 1.90. The maximum Gasteiger partial charge on any atom is 0.236 e. The number of anilines is 1. The van der Waals surface area contributed by atoms with Gasteiger partial charge in [0.1, 0.15) is 0 Å². The molecular formula is C17H21NOS. The number of fused-ring (bicyclic) bond motifs is 1. The molecule has 0 fully saturated rings. The number of hydrogen-bond donors (Lipinski definition) is 0. The summed E-state index contributed by atoms with van der Waals surface area (Å²) >= 11 is 1.68. The molecule has 0 heterocycles. The quantitative estimate of drug-likeness (QED) is 0.837. The second-order valence-electron chi connectivity index (χ2n) is 5.89. The van der Waals surface area contributed by atoms with Crippen LogP contribution < -0.4 is 4.90 Å². The van der Waals surface area contributed by atoms with Crippen LogP contribution in [0.5, 0.6) is 0 Å². The van der Waals surface area contributed by atoms with Gasteiger partial charge in [-0.15, -0.1) is 11.8 Å². The summed E-state index contributed by atoms with van der Waals surface area (Å²) in [5.74, 6) is 0.646. The van der Waals surface area contributed by atoms with E-state index >= 15 is 0 Å². The molecule has 106 valence electrons. The van der Waals surface area contributed by atoms with Crippen molar-refractivity contribution in [2.24, 2.45) is 0 Å². The van der Waals surface area contributed by atoms with Crippen LogP contribution in [0.25, 0.3) is 10.8 Å². The molecule has 1 amide bonds. The number of benzene rings is 2. The van der Waals surface area contributed by atoms with Crippen LogP contribution in [0.1, 0.15) is 20.8 Å². The Morgan fingerprint density at radius 2 is 1.75 bits per heavy atom. The van der Waals surface area contributed by atoms with Crippen LogP contribution >= 0.6 is 11.8 Å². The SMILES string of the molecule is CN(C(=O)CSC(C)(C)C)c1ccc2ccccc2c1. The van der Waals surface area contributed by atoms with Crippen molar-refractivity contribution in [1.29, 1.82) is 0 Å². The Bertz CT molecular complexity index is 616. The first-order valence-electron chi connectivity index (χ1n) is 6.76. The lowest BCUT2D eigenvalue weighted by Gasteiger charge is -2.21. The van der Waals surface area contributed by atoms with Crippen LogP contribution in [-0.4, -0.2) is 23.5 Å². The number of carbonyl (C=O) groups excluding carboxylic acids is 1. The Kier molecular flexibility index (Phi) is 4.39. The van der Waals surface area contributed by atoms with Gasteiger partial charge >= 0.3 is 0 Å². The van der Waals surface area contributed by atoms with Gasteiger partial charge in [0, 0.05) is 17.5 Å². The highest BCUT2D eigenvalue weighted by atomic mass is 32.2. The van der Waals surface area contributed by atoms with Crippen LogP contribution in [0.4, 0.5) is 5.69 Å². The summed E-state index contributed by atoms with van der Waals surface area (Å²) in [6, 6.07) is 14.3. The van der Waals surface area contributed by atoms with Gasteiger partial charge in [0.05, 0.1) is 5.75 Å². The number of carbonyl (C=O) groups is 1. The van der Waals surface area contributed by atoms with Gasteiger partial charge in [-0.2, -0.15) is 0 Å². The predicted octanol–water partition coefficient (Wildman–Crippen LogP) is 4.33. The smallest absolute Gasteiger partial charge is 0.236 e. The first-order valence-corrected chi connectivity index (χ1v) is 7.75. The Hall–Kier alpha value is -1.48. The lowest BCUT2D eigenvalue weighted by molar-refractivity contribution is -0.115. The standard InChI is InChI=1S/C17H21NOS/c1-17(2,3)20-12-16(19)18(4)15-10-9-13-7-5-6-8-14(13)11-15/h5-11H,12H2,1-4H3. The van der Waals surface area contributed by atoms with Crippen molar-refractivity contribution in [3.63, 3.8) is 0 Å². The molecule has 20 heavy (non-hydrogen) atoms. The van der Waals surface area contributed by atoms with Gasteiger partial charge in [-0.05, 0) is 22.9 Å². The molecule has 0 atom stereocenters. The highest BCUT2D eigenvalue weighted by molar-refractivity contribution is 8.01. The summed E-state index contributed by atoms with van der Waals surface area (Å²) in [5.41, 5.74) is 0.947. The zero-order chi connectivity index (χ0) is 14.8. The molecule has 0 saturated heterocycles. The van der Waals surface area contributed by atoms with E-state index in [0.29, 0.717) is 5.75 Å². The molecule has 3 heteroatoms. The molecule has 2 aromatic carbocycles. The molecule has 0 aromatic heterocycles. The van der Waals surface area contributed by atoms with Crippen molar-refractivity contribution < 1.29 is 4.79 Å². The minimum absolute atomic E-state index is 0.111. The van der Waals surface area contributed by atoms with Gasteiger partial charge in [0.15, 0.2) is 0 Å². The Balaban J connectivity index is 2.14. The van der Waals surface area contributed by atoms with Crippen molar-refractivity contribution in [2.75, 3.05) is 17.7 Å². The molecular weight excluding hydrogens is 266 g/mol. The Morgan fingerprint density at radius 3 is 2.40 bits per heavy atom.